The fourth-order valence-corrected chi connectivity index (χ4v) is 3.56. The number of nitrogens with zero attached hydrogens (tertiary/aromatic N) is 1. The van der Waals surface area contributed by atoms with Gasteiger partial charge in [0, 0.05) is 10.1 Å². The maximum Gasteiger partial charge on any atom is 0.263 e. The maximum absolute atomic E-state index is 12.2. The van der Waals surface area contributed by atoms with Crippen LogP contribution in [0.2, 0.25) is 5.02 Å². The molecule has 25 heavy (non-hydrogen) atoms. The van der Waals surface area contributed by atoms with E-state index in [1.807, 2.05) is 31.2 Å². The molecule has 0 radical (unpaired) electrons. The van der Waals surface area contributed by atoms with Crippen LogP contribution in [0, 0.1) is 6.92 Å². The number of aryl methyl sites for hydroxylation is 1. The average Bonchev–Trinajstić information content (AvgIpc) is 3.17. The molecule has 0 aliphatic heterocycles. The minimum atomic E-state index is -0.454. The largest absolute Gasteiger partial charge is 0.460 e. The zero-order valence-corrected chi connectivity index (χ0v) is 14.8. The van der Waals surface area contributed by atoms with Crippen molar-refractivity contribution in [3.05, 3.63) is 57.8 Å². The van der Waals surface area contributed by atoms with Gasteiger partial charge in [0.05, 0.1) is 17.8 Å². The van der Waals surface area contributed by atoms with Crippen molar-refractivity contribution in [2.24, 2.45) is 5.10 Å². The molecule has 0 bridgehead atoms. The molecule has 128 valence electrons. The lowest BCUT2D eigenvalue weighted by Gasteiger charge is -2.02. The Hall–Kier alpha value is -2.64. The summed E-state index contributed by atoms with van der Waals surface area (Å²) < 4.78 is 6.20. The number of carbonyl (C=O) groups is 2. The minimum absolute atomic E-state index is 0.210. The Morgan fingerprint density at radius 2 is 2.08 bits per heavy atom. The zero-order valence-electron chi connectivity index (χ0n) is 13.2. The molecule has 3 rings (SSSR count). The number of nitrogens with one attached hydrogen (secondary N) is 2. The lowest BCUT2D eigenvalue weighted by atomic mass is 10.2. The molecule has 2 heterocycles. The normalized spacial score (nSPS) is 11.1. The zero-order chi connectivity index (χ0) is 17.8. The maximum atomic E-state index is 12.2. The summed E-state index contributed by atoms with van der Waals surface area (Å²) in [5.41, 5.74) is 2.31. The smallest absolute Gasteiger partial charge is 0.263 e. The van der Waals surface area contributed by atoms with Crippen molar-refractivity contribution in [3.63, 3.8) is 0 Å². The van der Waals surface area contributed by atoms with Crippen LogP contribution >= 0.6 is 22.9 Å². The van der Waals surface area contributed by atoms with E-state index in [9.17, 15) is 9.59 Å². The van der Waals surface area contributed by atoms with Gasteiger partial charge in [-0.25, -0.2) is 5.43 Å². The van der Waals surface area contributed by atoms with E-state index in [1.165, 1.54) is 17.6 Å². The summed E-state index contributed by atoms with van der Waals surface area (Å²) in [7, 11) is 0. The van der Waals surface area contributed by atoms with Crippen molar-refractivity contribution >= 4 is 51.1 Å². The Morgan fingerprint density at radius 1 is 1.28 bits per heavy atom. The molecule has 0 aliphatic carbocycles. The SMILES string of the molecule is Cc1ccc(C=NNC(=O)CNC(=O)c2sc3ccccc3c2Cl)o1. The number of amides is 2. The molecule has 0 saturated heterocycles. The first-order valence-corrected chi connectivity index (χ1v) is 8.57. The van der Waals surface area contributed by atoms with Gasteiger partial charge in [0.1, 0.15) is 16.4 Å². The summed E-state index contributed by atoms with van der Waals surface area (Å²) in [5, 5.41) is 7.51. The second-order valence-corrected chi connectivity index (χ2v) is 6.60. The first-order valence-electron chi connectivity index (χ1n) is 7.38. The second kappa shape index (κ2) is 7.50. The van der Waals surface area contributed by atoms with Crippen LogP contribution in [-0.2, 0) is 4.79 Å². The highest BCUT2D eigenvalue weighted by atomic mass is 35.5. The molecular weight excluding hydrogens is 362 g/mol. The summed E-state index contributed by atoms with van der Waals surface area (Å²) in [4.78, 5) is 24.3. The van der Waals surface area contributed by atoms with Gasteiger partial charge in [-0.15, -0.1) is 11.3 Å². The van der Waals surface area contributed by atoms with E-state index < -0.39 is 11.8 Å². The predicted molar refractivity (Wildman–Crippen MR) is 98.3 cm³/mol. The van der Waals surface area contributed by atoms with Gasteiger partial charge < -0.3 is 9.73 Å². The van der Waals surface area contributed by atoms with Crippen LogP contribution in [0.5, 0.6) is 0 Å². The quantitative estimate of drug-likeness (QED) is 0.530. The van der Waals surface area contributed by atoms with E-state index in [-0.39, 0.29) is 6.54 Å². The van der Waals surface area contributed by atoms with Gasteiger partial charge in [-0.1, -0.05) is 29.8 Å². The molecule has 0 saturated carbocycles. The van der Waals surface area contributed by atoms with E-state index in [4.69, 9.17) is 16.0 Å². The Kier molecular flexibility index (Phi) is 5.16. The Morgan fingerprint density at radius 3 is 2.80 bits per heavy atom. The van der Waals surface area contributed by atoms with Crippen molar-refractivity contribution in [1.82, 2.24) is 10.7 Å². The van der Waals surface area contributed by atoms with Gasteiger partial charge in [0.2, 0.25) is 0 Å². The molecule has 2 N–H and O–H groups in total. The number of fused-ring (bicyclic) bond motifs is 1. The topological polar surface area (TPSA) is 83.7 Å². The van der Waals surface area contributed by atoms with E-state index in [1.54, 1.807) is 12.1 Å². The standard InChI is InChI=1S/C17H14ClN3O3S/c1-10-6-7-11(24-10)8-20-21-14(22)9-19-17(23)16-15(18)12-4-2-3-5-13(12)25-16/h2-8H,9H2,1H3,(H,19,23)(H,21,22). The van der Waals surface area contributed by atoms with Crippen molar-refractivity contribution in [2.75, 3.05) is 6.54 Å². The number of furan rings is 1. The van der Waals surface area contributed by atoms with E-state index >= 15 is 0 Å². The van der Waals surface area contributed by atoms with E-state index in [2.05, 4.69) is 15.8 Å². The number of hydrazone groups is 1. The number of thiophene rings is 1. The van der Waals surface area contributed by atoms with Crippen LogP contribution in [-0.4, -0.2) is 24.6 Å². The van der Waals surface area contributed by atoms with Gasteiger partial charge in [-0.2, -0.15) is 5.10 Å². The molecule has 2 aromatic heterocycles. The van der Waals surface area contributed by atoms with E-state index in [0.717, 1.165) is 15.8 Å². The molecule has 0 fully saturated rings. The van der Waals surface area contributed by atoms with Crippen LogP contribution in [0.1, 0.15) is 21.2 Å². The second-order valence-electron chi connectivity index (χ2n) is 5.17. The molecule has 2 amide bonds. The van der Waals surface area contributed by atoms with Crippen molar-refractivity contribution in [2.45, 2.75) is 6.92 Å². The Balaban J connectivity index is 1.55. The summed E-state index contributed by atoms with van der Waals surface area (Å²) in [6.07, 6.45) is 1.38. The Bertz CT molecular complexity index is 961. The summed E-state index contributed by atoms with van der Waals surface area (Å²) >= 11 is 7.52. The third-order valence-electron chi connectivity index (χ3n) is 3.29. The lowest BCUT2D eigenvalue weighted by Crippen LogP contribution is -2.34. The lowest BCUT2D eigenvalue weighted by molar-refractivity contribution is -0.120. The van der Waals surface area contributed by atoms with Crippen molar-refractivity contribution in [3.8, 4) is 0 Å². The summed E-state index contributed by atoms with van der Waals surface area (Å²) in [5.74, 6) is 0.427. The summed E-state index contributed by atoms with van der Waals surface area (Å²) in [6.45, 7) is 1.60. The molecule has 0 spiro atoms. The number of hydrogen-bond acceptors (Lipinski definition) is 5. The highest BCUT2D eigenvalue weighted by Crippen LogP contribution is 2.34. The van der Waals surface area contributed by atoms with E-state index in [0.29, 0.717) is 15.7 Å². The Labute approximate surface area is 152 Å². The monoisotopic (exact) mass is 375 g/mol. The van der Waals surface area contributed by atoms with Crippen molar-refractivity contribution < 1.29 is 14.0 Å². The minimum Gasteiger partial charge on any atom is -0.460 e. The number of benzene rings is 1. The van der Waals surface area contributed by atoms with Crippen LogP contribution < -0.4 is 10.7 Å². The summed E-state index contributed by atoms with van der Waals surface area (Å²) in [6, 6.07) is 11.0. The van der Waals surface area contributed by atoms with Gasteiger partial charge in [0.25, 0.3) is 11.8 Å². The molecule has 0 atom stereocenters. The first kappa shape index (κ1) is 17.2. The van der Waals surface area contributed by atoms with Gasteiger partial charge in [-0.3, -0.25) is 9.59 Å². The molecule has 8 heteroatoms. The van der Waals surface area contributed by atoms with Crippen LogP contribution in [0.4, 0.5) is 0 Å². The number of rotatable bonds is 5. The number of hydrogen-bond donors (Lipinski definition) is 2. The average molecular weight is 376 g/mol. The molecule has 0 aliphatic rings. The molecule has 0 unspecified atom stereocenters. The molecular formula is C17H14ClN3O3S. The highest BCUT2D eigenvalue weighted by molar-refractivity contribution is 7.21. The predicted octanol–water partition coefficient (Wildman–Crippen LogP) is 3.34. The van der Waals surface area contributed by atoms with Gasteiger partial charge in [-0.05, 0) is 25.1 Å². The molecule has 3 aromatic rings. The number of carbonyl (C=O) groups excluding carboxylic acids is 2. The first-order chi connectivity index (χ1) is 12.0. The molecule has 6 nitrogen and oxygen atoms in total. The van der Waals surface area contributed by atoms with Crippen LogP contribution in [0.25, 0.3) is 10.1 Å². The van der Waals surface area contributed by atoms with Gasteiger partial charge >= 0.3 is 0 Å². The van der Waals surface area contributed by atoms with Crippen LogP contribution in [0.3, 0.4) is 0 Å². The van der Waals surface area contributed by atoms with Crippen molar-refractivity contribution in [1.29, 1.82) is 0 Å². The third-order valence-corrected chi connectivity index (χ3v) is 4.97. The molecule has 1 aromatic carbocycles. The number of halogens is 1. The fourth-order valence-electron chi connectivity index (χ4n) is 2.13. The fraction of sp³-hybridized carbons (Fsp3) is 0.118. The highest BCUT2D eigenvalue weighted by Gasteiger charge is 2.17. The van der Waals surface area contributed by atoms with Crippen LogP contribution in [0.15, 0.2) is 45.9 Å². The third kappa shape index (κ3) is 4.07. The van der Waals surface area contributed by atoms with Gasteiger partial charge in [0.15, 0.2) is 0 Å².